The second-order valence-corrected chi connectivity index (χ2v) is 6.01. The van der Waals surface area contributed by atoms with Gasteiger partial charge < -0.3 is 0 Å². The minimum atomic E-state index is -0.304. The van der Waals surface area contributed by atoms with Crippen LogP contribution in [-0.4, -0.2) is 21.2 Å². The van der Waals surface area contributed by atoms with Gasteiger partial charge in [-0.05, 0) is 36.6 Å². The Morgan fingerprint density at radius 3 is 2.89 bits per heavy atom. The maximum atomic E-state index is 13.1. The average molecular weight is 279 g/mol. The van der Waals surface area contributed by atoms with Gasteiger partial charge in [-0.2, -0.15) is 0 Å². The van der Waals surface area contributed by atoms with Crippen LogP contribution in [0, 0.1) is 5.82 Å². The Bertz CT molecular complexity index is 566. The van der Waals surface area contributed by atoms with E-state index in [4.69, 9.17) is 12.2 Å². The lowest BCUT2D eigenvalue weighted by Gasteiger charge is -2.11. The first-order valence-electron chi connectivity index (χ1n) is 5.68. The van der Waals surface area contributed by atoms with E-state index in [1.165, 1.54) is 23.9 Å². The maximum absolute atomic E-state index is 13.1. The van der Waals surface area contributed by atoms with Gasteiger partial charge in [-0.1, -0.05) is 36.1 Å². The van der Waals surface area contributed by atoms with Crippen molar-refractivity contribution in [3.05, 3.63) is 40.6 Å². The molecule has 5 heteroatoms. The molecule has 2 fully saturated rings. The fourth-order valence-corrected chi connectivity index (χ4v) is 3.28. The van der Waals surface area contributed by atoms with Gasteiger partial charge in [0, 0.05) is 6.04 Å². The highest BCUT2D eigenvalue weighted by Crippen LogP contribution is 2.39. The lowest BCUT2D eigenvalue weighted by Crippen LogP contribution is -2.30. The van der Waals surface area contributed by atoms with Gasteiger partial charge in [-0.15, -0.1) is 0 Å². The number of hydrogen-bond donors (Lipinski definition) is 0. The number of rotatable bonds is 2. The van der Waals surface area contributed by atoms with Gasteiger partial charge in [-0.3, -0.25) is 9.69 Å². The molecule has 0 bridgehead atoms. The van der Waals surface area contributed by atoms with E-state index in [9.17, 15) is 9.18 Å². The number of halogens is 1. The van der Waals surface area contributed by atoms with E-state index in [0.29, 0.717) is 14.8 Å². The van der Waals surface area contributed by atoms with E-state index in [1.54, 1.807) is 23.1 Å². The van der Waals surface area contributed by atoms with Crippen LogP contribution in [0.5, 0.6) is 0 Å². The Kier molecular flexibility index (Phi) is 2.95. The zero-order chi connectivity index (χ0) is 12.7. The number of carbonyl (C=O) groups excluding carboxylic acids is 1. The molecule has 0 unspecified atom stereocenters. The molecule has 18 heavy (non-hydrogen) atoms. The minimum Gasteiger partial charge on any atom is -0.290 e. The Balaban J connectivity index is 1.89. The second kappa shape index (κ2) is 4.48. The molecule has 2 nitrogen and oxygen atoms in total. The molecule has 0 spiro atoms. The molecule has 0 aromatic heterocycles. The molecular formula is C13H10FNOS2. The van der Waals surface area contributed by atoms with Crippen LogP contribution in [0.4, 0.5) is 4.39 Å². The summed E-state index contributed by atoms with van der Waals surface area (Å²) < 4.78 is 13.7. The van der Waals surface area contributed by atoms with Crippen molar-refractivity contribution in [2.75, 3.05) is 0 Å². The second-order valence-electron chi connectivity index (χ2n) is 4.34. The Hall–Kier alpha value is -1.20. The van der Waals surface area contributed by atoms with Crippen LogP contribution in [0.15, 0.2) is 29.2 Å². The quantitative estimate of drug-likeness (QED) is 0.612. The van der Waals surface area contributed by atoms with Crippen LogP contribution < -0.4 is 0 Å². The van der Waals surface area contributed by atoms with Crippen LogP contribution in [0.3, 0.4) is 0 Å². The lowest BCUT2D eigenvalue weighted by atomic mass is 10.2. The first-order chi connectivity index (χ1) is 8.65. The molecule has 92 valence electrons. The van der Waals surface area contributed by atoms with Gasteiger partial charge in [0.1, 0.15) is 10.1 Å². The Morgan fingerprint density at radius 2 is 2.22 bits per heavy atom. The first kappa shape index (κ1) is 11.9. The summed E-state index contributed by atoms with van der Waals surface area (Å²) in [5.74, 6) is -0.349. The van der Waals surface area contributed by atoms with Gasteiger partial charge in [0.05, 0.1) is 4.91 Å². The normalized spacial score (nSPS) is 22.1. The van der Waals surface area contributed by atoms with Crippen molar-refractivity contribution < 1.29 is 9.18 Å². The van der Waals surface area contributed by atoms with Crippen molar-refractivity contribution in [3.63, 3.8) is 0 Å². The number of hydrogen-bond acceptors (Lipinski definition) is 3. The molecule has 1 saturated carbocycles. The minimum absolute atomic E-state index is 0.0447. The summed E-state index contributed by atoms with van der Waals surface area (Å²) in [6.07, 6.45) is 3.75. The summed E-state index contributed by atoms with van der Waals surface area (Å²) in [5, 5.41) is 0. The lowest BCUT2D eigenvalue weighted by molar-refractivity contribution is -0.122. The van der Waals surface area contributed by atoms with Crippen molar-refractivity contribution >= 4 is 40.3 Å². The fraction of sp³-hybridized carbons (Fsp3) is 0.231. The predicted molar refractivity (Wildman–Crippen MR) is 74.4 cm³/mol. The van der Waals surface area contributed by atoms with Gasteiger partial charge >= 0.3 is 0 Å². The number of nitrogens with zero attached hydrogens (tertiary/aromatic N) is 1. The zero-order valence-electron chi connectivity index (χ0n) is 9.43. The fourth-order valence-electron chi connectivity index (χ4n) is 1.88. The molecule has 2 aliphatic rings. The van der Waals surface area contributed by atoms with Crippen LogP contribution in [0.1, 0.15) is 18.4 Å². The van der Waals surface area contributed by atoms with E-state index < -0.39 is 0 Å². The van der Waals surface area contributed by atoms with Crippen LogP contribution >= 0.6 is 24.0 Å². The smallest absolute Gasteiger partial charge is 0.266 e. The molecule has 1 aromatic carbocycles. The monoisotopic (exact) mass is 279 g/mol. The van der Waals surface area contributed by atoms with Crippen LogP contribution in [0.2, 0.25) is 0 Å². The molecule has 3 rings (SSSR count). The highest BCUT2D eigenvalue weighted by molar-refractivity contribution is 8.26. The summed E-state index contributed by atoms with van der Waals surface area (Å²) in [6.45, 7) is 0. The van der Waals surface area contributed by atoms with Crippen molar-refractivity contribution in [3.8, 4) is 0 Å². The Labute approximate surface area is 114 Å². The molecule has 1 amide bonds. The first-order valence-corrected chi connectivity index (χ1v) is 6.90. The van der Waals surface area contributed by atoms with Gasteiger partial charge in [0.25, 0.3) is 5.91 Å². The van der Waals surface area contributed by atoms with Crippen molar-refractivity contribution in [2.45, 2.75) is 18.9 Å². The molecule has 1 saturated heterocycles. The standard InChI is InChI=1S/C13H10FNOS2/c14-9-3-1-2-8(6-9)7-11-12(16)15(10-4-5-10)13(17)18-11/h1-3,6-7,10H,4-5H2/b11-7+. The van der Waals surface area contributed by atoms with Gasteiger partial charge in [-0.25, -0.2) is 4.39 Å². The van der Waals surface area contributed by atoms with E-state index in [1.807, 2.05) is 0 Å². The Morgan fingerprint density at radius 1 is 1.44 bits per heavy atom. The van der Waals surface area contributed by atoms with Crippen molar-refractivity contribution in [1.29, 1.82) is 0 Å². The third kappa shape index (κ3) is 2.20. The molecule has 0 radical (unpaired) electrons. The summed E-state index contributed by atoms with van der Waals surface area (Å²) >= 11 is 6.50. The number of benzene rings is 1. The van der Waals surface area contributed by atoms with Gasteiger partial charge in [0.2, 0.25) is 0 Å². The summed E-state index contributed by atoms with van der Waals surface area (Å²) in [5.41, 5.74) is 0.686. The molecule has 0 N–H and O–H groups in total. The summed E-state index contributed by atoms with van der Waals surface area (Å²) in [6, 6.07) is 6.47. The van der Waals surface area contributed by atoms with Gasteiger partial charge in [0.15, 0.2) is 0 Å². The number of thioether (sulfide) groups is 1. The summed E-state index contributed by atoms with van der Waals surface area (Å²) in [4.78, 5) is 14.4. The number of thiocarbonyl (C=S) groups is 1. The third-order valence-electron chi connectivity index (χ3n) is 2.88. The predicted octanol–water partition coefficient (Wildman–Crippen LogP) is 3.19. The third-order valence-corrected chi connectivity index (χ3v) is 4.21. The molecule has 1 heterocycles. The summed E-state index contributed by atoms with van der Waals surface area (Å²) in [7, 11) is 0. The largest absolute Gasteiger partial charge is 0.290 e. The van der Waals surface area contributed by atoms with E-state index in [-0.39, 0.29) is 17.8 Å². The zero-order valence-corrected chi connectivity index (χ0v) is 11.1. The SMILES string of the molecule is O=C1/C(=C\c2cccc(F)c2)SC(=S)N1C1CC1. The van der Waals surface area contributed by atoms with E-state index in [2.05, 4.69) is 0 Å². The number of amides is 1. The molecule has 1 aromatic rings. The van der Waals surface area contributed by atoms with Crippen molar-refractivity contribution in [1.82, 2.24) is 4.90 Å². The molecule has 1 aliphatic heterocycles. The number of carbonyl (C=O) groups is 1. The van der Waals surface area contributed by atoms with E-state index in [0.717, 1.165) is 12.8 Å². The molecule has 0 atom stereocenters. The average Bonchev–Trinajstić information content (AvgIpc) is 3.09. The van der Waals surface area contributed by atoms with Crippen LogP contribution in [0.25, 0.3) is 6.08 Å². The van der Waals surface area contributed by atoms with Crippen LogP contribution in [-0.2, 0) is 4.79 Å². The van der Waals surface area contributed by atoms with E-state index >= 15 is 0 Å². The molecular weight excluding hydrogens is 269 g/mol. The maximum Gasteiger partial charge on any atom is 0.266 e. The topological polar surface area (TPSA) is 20.3 Å². The highest BCUT2D eigenvalue weighted by Gasteiger charge is 2.41. The molecule has 1 aliphatic carbocycles. The highest BCUT2D eigenvalue weighted by atomic mass is 32.2. The van der Waals surface area contributed by atoms with Crippen molar-refractivity contribution in [2.24, 2.45) is 0 Å².